The van der Waals surface area contributed by atoms with Crippen molar-refractivity contribution in [3.8, 4) is 11.3 Å². The van der Waals surface area contributed by atoms with Crippen LogP contribution in [0.4, 0.5) is 5.69 Å². The normalized spacial score (nSPS) is 14.2. The van der Waals surface area contributed by atoms with Gasteiger partial charge in [0.15, 0.2) is 11.4 Å². The molecular weight excluding hydrogens is 472 g/mol. The lowest BCUT2D eigenvalue weighted by atomic mass is 9.98. The Bertz CT molecular complexity index is 1240. The van der Waals surface area contributed by atoms with Crippen molar-refractivity contribution in [2.24, 2.45) is 5.92 Å². The summed E-state index contributed by atoms with van der Waals surface area (Å²) in [5, 5.41) is 7.43. The van der Waals surface area contributed by atoms with Crippen LogP contribution in [0.25, 0.3) is 16.9 Å². The minimum Gasteiger partial charge on any atom is -0.381 e. The van der Waals surface area contributed by atoms with E-state index < -0.39 is 15.9 Å². The van der Waals surface area contributed by atoms with Crippen molar-refractivity contribution in [3.63, 3.8) is 0 Å². The topological polar surface area (TPSA) is 114 Å². The van der Waals surface area contributed by atoms with E-state index in [1.807, 2.05) is 25.1 Å². The number of aryl methyl sites for hydroxylation is 1. The summed E-state index contributed by atoms with van der Waals surface area (Å²) >= 11 is 3.37. The molecule has 30 heavy (non-hydrogen) atoms. The highest BCUT2D eigenvalue weighted by Crippen LogP contribution is 2.34. The van der Waals surface area contributed by atoms with Crippen LogP contribution in [0.1, 0.15) is 35.2 Å². The number of hydrogen-bond donors (Lipinski definition) is 2. The van der Waals surface area contributed by atoms with Gasteiger partial charge in [0.05, 0.1) is 23.3 Å². The lowest BCUT2D eigenvalue weighted by Crippen LogP contribution is -2.15. The molecule has 0 saturated heterocycles. The molecule has 4 rings (SSSR count). The molecule has 1 fully saturated rings. The molecule has 0 spiro atoms. The largest absolute Gasteiger partial charge is 0.381 e. The molecule has 1 aromatic carbocycles. The second kappa shape index (κ2) is 8.09. The lowest BCUT2D eigenvalue weighted by Gasteiger charge is -2.10. The van der Waals surface area contributed by atoms with Crippen molar-refractivity contribution in [1.82, 2.24) is 14.6 Å². The van der Waals surface area contributed by atoms with Crippen molar-refractivity contribution in [2.75, 3.05) is 17.6 Å². The zero-order valence-electron chi connectivity index (χ0n) is 16.3. The zero-order valence-corrected chi connectivity index (χ0v) is 18.7. The summed E-state index contributed by atoms with van der Waals surface area (Å²) in [5.74, 6) is 0.317. The number of fused-ring (bicyclic) bond motifs is 1. The van der Waals surface area contributed by atoms with Gasteiger partial charge in [0, 0.05) is 24.1 Å². The molecule has 158 valence electrons. The molecule has 0 aliphatic heterocycles. The molecule has 0 radical (unpaired) electrons. The van der Waals surface area contributed by atoms with Gasteiger partial charge in [-0.05, 0) is 59.3 Å². The zero-order chi connectivity index (χ0) is 21.5. The first-order valence-electron chi connectivity index (χ1n) is 9.59. The van der Waals surface area contributed by atoms with Crippen LogP contribution >= 0.6 is 15.9 Å². The van der Waals surface area contributed by atoms with E-state index in [9.17, 15) is 13.2 Å². The number of anilines is 1. The third-order valence-electron chi connectivity index (χ3n) is 5.11. The Hall–Kier alpha value is -2.30. The predicted molar refractivity (Wildman–Crippen MR) is 117 cm³/mol. The van der Waals surface area contributed by atoms with Crippen LogP contribution in [0.5, 0.6) is 0 Å². The Kier molecular flexibility index (Phi) is 5.65. The van der Waals surface area contributed by atoms with E-state index in [-0.39, 0.29) is 12.3 Å². The average molecular weight is 493 g/mol. The molecule has 2 aromatic heterocycles. The summed E-state index contributed by atoms with van der Waals surface area (Å²) in [4.78, 5) is 16.9. The molecular formula is C20H21BrN4O4S. The Morgan fingerprint density at radius 1 is 1.33 bits per heavy atom. The van der Waals surface area contributed by atoms with Crippen LogP contribution in [0.3, 0.4) is 0 Å². The number of imidazole rings is 1. The van der Waals surface area contributed by atoms with E-state index >= 15 is 0 Å². The van der Waals surface area contributed by atoms with Crippen LogP contribution in [-0.2, 0) is 10.1 Å². The van der Waals surface area contributed by atoms with E-state index in [4.69, 9.17) is 4.55 Å². The molecule has 0 amide bonds. The van der Waals surface area contributed by atoms with Crippen molar-refractivity contribution in [3.05, 3.63) is 46.2 Å². The van der Waals surface area contributed by atoms with E-state index in [0.29, 0.717) is 28.3 Å². The molecule has 10 heteroatoms. The minimum atomic E-state index is -4.06. The van der Waals surface area contributed by atoms with Gasteiger partial charge in [0.1, 0.15) is 4.60 Å². The van der Waals surface area contributed by atoms with Gasteiger partial charge in [0.2, 0.25) is 0 Å². The fraction of sp³-hybridized carbons (Fsp3) is 0.350. The average Bonchev–Trinajstić information content (AvgIpc) is 3.36. The minimum absolute atomic E-state index is 0.0318. The highest BCUT2D eigenvalue weighted by molar-refractivity contribution is 9.10. The standard InChI is InChI=1S/C20H21BrN4O4S/c1-12-8-14(4-5-15(12)18(26)9-13-2-3-13)17-11-23-20-16(10-19(21)24-25(17)20)22-6-7-30(27,28)29/h4-5,8,10-11,13,22H,2-3,6-7,9H2,1H3,(H,27,28,29). The Labute approximate surface area is 182 Å². The summed E-state index contributed by atoms with van der Waals surface area (Å²) in [5.41, 5.74) is 4.39. The van der Waals surface area contributed by atoms with Crippen LogP contribution in [-0.4, -0.2) is 45.6 Å². The molecule has 1 aliphatic rings. The van der Waals surface area contributed by atoms with Crippen LogP contribution in [0, 0.1) is 12.8 Å². The van der Waals surface area contributed by atoms with Gasteiger partial charge in [-0.3, -0.25) is 9.35 Å². The fourth-order valence-corrected chi connectivity index (χ4v) is 4.16. The number of benzene rings is 1. The fourth-order valence-electron chi connectivity index (χ4n) is 3.41. The molecule has 1 aliphatic carbocycles. The van der Waals surface area contributed by atoms with Crippen molar-refractivity contribution < 1.29 is 17.8 Å². The Morgan fingerprint density at radius 2 is 2.10 bits per heavy atom. The number of Topliss-reactive ketones (excluding diaryl/α,β-unsaturated/α-hetero) is 1. The molecule has 2 heterocycles. The Morgan fingerprint density at radius 3 is 2.77 bits per heavy atom. The molecule has 2 N–H and O–H groups in total. The number of carbonyl (C=O) groups is 1. The highest BCUT2D eigenvalue weighted by atomic mass is 79.9. The van der Waals surface area contributed by atoms with Gasteiger partial charge >= 0.3 is 0 Å². The molecule has 0 atom stereocenters. The molecule has 8 nitrogen and oxygen atoms in total. The van der Waals surface area contributed by atoms with Crippen LogP contribution < -0.4 is 5.32 Å². The maximum atomic E-state index is 12.5. The SMILES string of the molecule is Cc1cc(-c2cnc3c(NCCS(=O)(=O)O)cc(Br)nn23)ccc1C(=O)CC1CC1. The monoisotopic (exact) mass is 492 g/mol. The number of nitrogens with zero attached hydrogens (tertiary/aromatic N) is 3. The van der Waals surface area contributed by atoms with Crippen molar-refractivity contribution in [2.45, 2.75) is 26.2 Å². The number of aromatic nitrogens is 3. The highest BCUT2D eigenvalue weighted by Gasteiger charge is 2.25. The molecule has 0 unspecified atom stereocenters. The van der Waals surface area contributed by atoms with E-state index in [2.05, 4.69) is 31.3 Å². The van der Waals surface area contributed by atoms with Crippen molar-refractivity contribution >= 4 is 43.2 Å². The second-order valence-electron chi connectivity index (χ2n) is 7.57. The second-order valence-corrected chi connectivity index (χ2v) is 9.96. The first kappa shape index (κ1) is 21.0. The predicted octanol–water partition coefficient (Wildman–Crippen LogP) is 3.75. The van der Waals surface area contributed by atoms with Gasteiger partial charge in [-0.1, -0.05) is 12.1 Å². The smallest absolute Gasteiger partial charge is 0.266 e. The number of nitrogens with one attached hydrogen (secondary N) is 1. The number of rotatable bonds is 8. The summed E-state index contributed by atoms with van der Waals surface area (Å²) in [6.07, 6.45) is 4.59. The number of carbonyl (C=O) groups excluding carboxylic acids is 1. The summed E-state index contributed by atoms with van der Waals surface area (Å²) in [6.45, 7) is 1.96. The quantitative estimate of drug-likeness (QED) is 0.363. The van der Waals surface area contributed by atoms with Crippen LogP contribution in [0.2, 0.25) is 0 Å². The summed E-state index contributed by atoms with van der Waals surface area (Å²) in [7, 11) is -4.06. The number of ketones is 1. The van der Waals surface area contributed by atoms with Gasteiger partial charge in [-0.2, -0.15) is 13.5 Å². The maximum Gasteiger partial charge on any atom is 0.266 e. The van der Waals surface area contributed by atoms with Crippen molar-refractivity contribution in [1.29, 1.82) is 0 Å². The van der Waals surface area contributed by atoms with E-state index in [1.54, 1.807) is 16.8 Å². The molecule has 1 saturated carbocycles. The summed E-state index contributed by atoms with van der Waals surface area (Å²) in [6, 6.07) is 7.40. The van der Waals surface area contributed by atoms with Gasteiger partial charge in [-0.25, -0.2) is 9.50 Å². The van der Waals surface area contributed by atoms with Gasteiger partial charge < -0.3 is 5.32 Å². The summed E-state index contributed by atoms with van der Waals surface area (Å²) < 4.78 is 33.0. The van der Waals surface area contributed by atoms with Gasteiger partial charge in [0.25, 0.3) is 10.1 Å². The molecule has 3 aromatic rings. The third-order valence-corrected chi connectivity index (χ3v) is 6.21. The maximum absolute atomic E-state index is 12.5. The Balaban J connectivity index is 1.64. The number of halogens is 1. The lowest BCUT2D eigenvalue weighted by molar-refractivity contribution is 0.0975. The van der Waals surface area contributed by atoms with E-state index in [0.717, 1.165) is 35.2 Å². The third kappa shape index (κ3) is 4.71. The number of hydrogen-bond acceptors (Lipinski definition) is 6. The first-order chi connectivity index (χ1) is 14.2. The van der Waals surface area contributed by atoms with E-state index in [1.165, 1.54) is 0 Å². The first-order valence-corrected chi connectivity index (χ1v) is 12.0. The van der Waals surface area contributed by atoms with Gasteiger partial charge in [-0.15, -0.1) is 0 Å². The van der Waals surface area contributed by atoms with Crippen LogP contribution in [0.15, 0.2) is 35.1 Å². The molecule has 0 bridgehead atoms.